The van der Waals surface area contributed by atoms with E-state index in [0.717, 1.165) is 0 Å². The lowest BCUT2D eigenvalue weighted by atomic mass is 10.1. The third kappa shape index (κ3) is 3.66. The molecule has 1 rings (SSSR count). The Morgan fingerprint density at radius 3 is 2.50 bits per heavy atom. The van der Waals surface area contributed by atoms with Crippen LogP contribution in [0.2, 0.25) is 0 Å². The van der Waals surface area contributed by atoms with E-state index in [2.05, 4.69) is 0 Å². The molecular formula is C13H18O3. The number of carbonyl (C=O) groups is 1. The Hall–Kier alpha value is -1.35. The number of hydrogen-bond acceptors (Lipinski definition) is 3. The first kappa shape index (κ1) is 12.7. The molecule has 0 spiro atoms. The monoisotopic (exact) mass is 222 g/mol. The number of rotatable bonds is 2. The second kappa shape index (κ2) is 4.66. The van der Waals surface area contributed by atoms with Crippen molar-refractivity contribution in [1.29, 1.82) is 0 Å². The average molecular weight is 222 g/mol. The minimum atomic E-state index is -0.581. The molecule has 1 atom stereocenters. The van der Waals surface area contributed by atoms with E-state index >= 15 is 0 Å². The maximum atomic E-state index is 11.7. The van der Waals surface area contributed by atoms with Crippen LogP contribution in [-0.4, -0.2) is 16.7 Å². The van der Waals surface area contributed by atoms with Gasteiger partial charge in [-0.2, -0.15) is 0 Å². The molecule has 0 heterocycles. The Balaban J connectivity index is 2.88. The smallest absolute Gasteiger partial charge is 0.338 e. The van der Waals surface area contributed by atoms with Crippen LogP contribution in [0.4, 0.5) is 0 Å². The molecule has 1 aromatic rings. The van der Waals surface area contributed by atoms with Gasteiger partial charge in [0.1, 0.15) is 5.60 Å². The van der Waals surface area contributed by atoms with Crippen molar-refractivity contribution in [3.05, 3.63) is 35.4 Å². The molecule has 1 unspecified atom stereocenters. The molecule has 0 aliphatic rings. The van der Waals surface area contributed by atoms with E-state index in [1.807, 2.05) is 20.8 Å². The van der Waals surface area contributed by atoms with Crippen LogP contribution in [0.25, 0.3) is 0 Å². The molecule has 3 heteroatoms. The summed E-state index contributed by atoms with van der Waals surface area (Å²) >= 11 is 0. The summed E-state index contributed by atoms with van der Waals surface area (Å²) in [6, 6.07) is 6.85. The van der Waals surface area contributed by atoms with E-state index in [1.165, 1.54) is 0 Å². The Labute approximate surface area is 96.1 Å². The first-order chi connectivity index (χ1) is 7.29. The number of aliphatic hydroxyl groups is 1. The lowest BCUT2D eigenvalue weighted by molar-refractivity contribution is 0.00693. The summed E-state index contributed by atoms with van der Waals surface area (Å²) < 4.78 is 5.24. The minimum Gasteiger partial charge on any atom is -0.456 e. The van der Waals surface area contributed by atoms with E-state index in [4.69, 9.17) is 4.74 Å². The zero-order chi connectivity index (χ0) is 12.3. The van der Waals surface area contributed by atoms with E-state index in [9.17, 15) is 9.90 Å². The van der Waals surface area contributed by atoms with Gasteiger partial charge >= 0.3 is 5.97 Å². The van der Waals surface area contributed by atoms with Gasteiger partial charge < -0.3 is 9.84 Å². The topological polar surface area (TPSA) is 46.5 Å². The van der Waals surface area contributed by atoms with Gasteiger partial charge in [-0.1, -0.05) is 12.1 Å². The van der Waals surface area contributed by atoms with Gasteiger partial charge in [-0.05, 0) is 45.4 Å². The predicted octanol–water partition coefficient (Wildman–Crippen LogP) is 2.70. The lowest BCUT2D eigenvalue weighted by Gasteiger charge is -2.19. The molecule has 0 aromatic heterocycles. The average Bonchev–Trinajstić information content (AvgIpc) is 2.15. The van der Waals surface area contributed by atoms with Crippen molar-refractivity contribution in [3.8, 4) is 0 Å². The first-order valence-electron chi connectivity index (χ1n) is 5.31. The molecule has 1 N–H and O–H groups in total. The van der Waals surface area contributed by atoms with Crippen LogP contribution >= 0.6 is 0 Å². The highest BCUT2D eigenvalue weighted by atomic mass is 16.6. The van der Waals surface area contributed by atoms with Crippen molar-refractivity contribution in [1.82, 2.24) is 0 Å². The molecule has 0 bridgehead atoms. The molecule has 0 amide bonds. The zero-order valence-electron chi connectivity index (χ0n) is 10.2. The number of esters is 1. The number of hydrogen-bond donors (Lipinski definition) is 1. The molecule has 0 radical (unpaired) electrons. The number of aliphatic hydroxyl groups excluding tert-OH is 1. The maximum Gasteiger partial charge on any atom is 0.338 e. The van der Waals surface area contributed by atoms with Crippen LogP contribution in [0, 0.1) is 0 Å². The summed E-state index contributed by atoms with van der Waals surface area (Å²) in [6.45, 7) is 7.13. The van der Waals surface area contributed by atoms with E-state index < -0.39 is 11.7 Å². The highest BCUT2D eigenvalue weighted by Crippen LogP contribution is 2.16. The molecule has 3 nitrogen and oxygen atoms in total. The van der Waals surface area contributed by atoms with Gasteiger partial charge in [0.15, 0.2) is 0 Å². The van der Waals surface area contributed by atoms with Crippen molar-refractivity contribution < 1.29 is 14.6 Å². The van der Waals surface area contributed by atoms with Crippen LogP contribution in [0.5, 0.6) is 0 Å². The van der Waals surface area contributed by atoms with Gasteiger partial charge in [0.2, 0.25) is 0 Å². The highest BCUT2D eigenvalue weighted by molar-refractivity contribution is 5.89. The predicted molar refractivity (Wildman–Crippen MR) is 62.2 cm³/mol. The number of carbonyl (C=O) groups excluding carboxylic acids is 1. The Morgan fingerprint density at radius 1 is 1.38 bits per heavy atom. The fraction of sp³-hybridized carbons (Fsp3) is 0.462. The van der Waals surface area contributed by atoms with Crippen molar-refractivity contribution in [2.45, 2.75) is 39.4 Å². The first-order valence-corrected chi connectivity index (χ1v) is 5.31. The normalized spacial score (nSPS) is 13.3. The van der Waals surface area contributed by atoms with Crippen LogP contribution in [-0.2, 0) is 4.74 Å². The third-order valence-corrected chi connectivity index (χ3v) is 2.00. The van der Waals surface area contributed by atoms with Gasteiger partial charge in [0.25, 0.3) is 0 Å². The fourth-order valence-corrected chi connectivity index (χ4v) is 1.26. The van der Waals surface area contributed by atoms with Gasteiger partial charge in [0, 0.05) is 0 Å². The highest BCUT2D eigenvalue weighted by Gasteiger charge is 2.18. The largest absolute Gasteiger partial charge is 0.456 e. The standard InChI is InChI=1S/C13H18O3/c1-9(14)10-6-5-7-11(8-10)12(15)16-13(2,3)4/h5-9,14H,1-4H3. The molecule has 1 aromatic carbocycles. The molecule has 0 aliphatic heterocycles. The van der Waals surface area contributed by atoms with Crippen molar-refractivity contribution in [2.24, 2.45) is 0 Å². The van der Waals surface area contributed by atoms with Crippen molar-refractivity contribution in [2.75, 3.05) is 0 Å². The van der Waals surface area contributed by atoms with E-state index in [1.54, 1.807) is 31.2 Å². The van der Waals surface area contributed by atoms with Crippen LogP contribution < -0.4 is 0 Å². The van der Waals surface area contributed by atoms with Gasteiger partial charge in [0.05, 0.1) is 11.7 Å². The van der Waals surface area contributed by atoms with Crippen LogP contribution in [0.15, 0.2) is 24.3 Å². The second-order valence-electron chi connectivity index (χ2n) is 4.80. The summed E-state index contributed by atoms with van der Waals surface area (Å²) in [4.78, 5) is 11.7. The molecule has 0 saturated carbocycles. The molecule has 0 fully saturated rings. The second-order valence-corrected chi connectivity index (χ2v) is 4.80. The molecule has 88 valence electrons. The van der Waals surface area contributed by atoms with Crippen molar-refractivity contribution in [3.63, 3.8) is 0 Å². The minimum absolute atomic E-state index is 0.366. The molecular weight excluding hydrogens is 204 g/mol. The van der Waals surface area contributed by atoms with E-state index in [-0.39, 0.29) is 5.97 Å². The molecule has 0 aliphatic carbocycles. The Bertz CT molecular complexity index is 375. The molecule has 16 heavy (non-hydrogen) atoms. The van der Waals surface area contributed by atoms with Gasteiger partial charge in [-0.3, -0.25) is 0 Å². The SMILES string of the molecule is CC(O)c1cccc(C(=O)OC(C)(C)C)c1. The summed E-state index contributed by atoms with van der Waals surface area (Å²) in [5.74, 6) is -0.366. The summed E-state index contributed by atoms with van der Waals surface area (Å²) in [5.41, 5.74) is 0.675. The van der Waals surface area contributed by atoms with Crippen molar-refractivity contribution >= 4 is 5.97 Å². The zero-order valence-corrected chi connectivity index (χ0v) is 10.2. The summed E-state index contributed by atoms with van der Waals surface area (Å²) in [7, 11) is 0. The number of ether oxygens (including phenoxy) is 1. The van der Waals surface area contributed by atoms with Gasteiger partial charge in [-0.25, -0.2) is 4.79 Å². The Morgan fingerprint density at radius 2 is 2.00 bits per heavy atom. The quantitative estimate of drug-likeness (QED) is 0.782. The van der Waals surface area contributed by atoms with Crippen LogP contribution in [0.3, 0.4) is 0 Å². The van der Waals surface area contributed by atoms with Crippen LogP contribution in [0.1, 0.15) is 49.7 Å². The third-order valence-electron chi connectivity index (χ3n) is 2.00. The number of benzene rings is 1. The lowest BCUT2D eigenvalue weighted by Crippen LogP contribution is -2.23. The van der Waals surface area contributed by atoms with Gasteiger partial charge in [-0.15, -0.1) is 0 Å². The summed E-state index contributed by atoms with van der Waals surface area (Å²) in [5, 5.41) is 9.41. The maximum absolute atomic E-state index is 11.7. The molecule has 0 saturated heterocycles. The van der Waals surface area contributed by atoms with E-state index in [0.29, 0.717) is 11.1 Å². The Kier molecular flexibility index (Phi) is 3.70. The fourth-order valence-electron chi connectivity index (χ4n) is 1.26. The summed E-state index contributed by atoms with van der Waals surface area (Å²) in [6.07, 6.45) is -0.581.